The quantitative estimate of drug-likeness (QED) is 0.794. The molecule has 0 aromatic heterocycles. The molecule has 2 amide bonds. The van der Waals surface area contributed by atoms with Gasteiger partial charge in [0.2, 0.25) is 5.91 Å². The van der Waals surface area contributed by atoms with Gasteiger partial charge < -0.3 is 9.80 Å². The number of amides is 2. The molecule has 0 radical (unpaired) electrons. The minimum absolute atomic E-state index is 0.00376. The molecule has 2 heterocycles. The van der Waals surface area contributed by atoms with E-state index < -0.39 is 11.4 Å². The average Bonchev–Trinajstić information content (AvgIpc) is 2.89. The van der Waals surface area contributed by atoms with E-state index in [-0.39, 0.29) is 17.4 Å². The molecule has 0 bridgehead atoms. The molecule has 5 heteroatoms. The van der Waals surface area contributed by atoms with Gasteiger partial charge >= 0.3 is 0 Å². The van der Waals surface area contributed by atoms with Crippen LogP contribution in [0.1, 0.15) is 36.0 Å². The van der Waals surface area contributed by atoms with Crippen molar-refractivity contribution in [3.8, 4) is 0 Å². The van der Waals surface area contributed by atoms with E-state index in [2.05, 4.69) is 0 Å². The zero-order valence-electron chi connectivity index (χ0n) is 12.1. The van der Waals surface area contributed by atoms with Crippen LogP contribution in [0.5, 0.6) is 0 Å². The summed E-state index contributed by atoms with van der Waals surface area (Å²) in [6.45, 7) is 1.25. The number of carbonyl (C=O) groups excluding carboxylic acids is 2. The van der Waals surface area contributed by atoms with Crippen LogP contribution in [0.15, 0.2) is 24.3 Å². The van der Waals surface area contributed by atoms with Crippen molar-refractivity contribution in [1.29, 1.82) is 0 Å². The number of rotatable bonds is 1. The molecule has 4 nitrogen and oxygen atoms in total. The third kappa shape index (κ3) is 2.11. The van der Waals surface area contributed by atoms with E-state index in [0.717, 1.165) is 19.4 Å². The van der Waals surface area contributed by atoms with Gasteiger partial charge in [0.15, 0.2) is 0 Å². The minimum Gasteiger partial charge on any atom is -0.344 e. The number of halogens is 1. The van der Waals surface area contributed by atoms with Crippen molar-refractivity contribution < 1.29 is 14.0 Å². The second-order valence-electron chi connectivity index (χ2n) is 5.90. The van der Waals surface area contributed by atoms with Gasteiger partial charge in [-0.1, -0.05) is 12.1 Å². The van der Waals surface area contributed by atoms with Gasteiger partial charge in [0.25, 0.3) is 5.91 Å². The zero-order valence-corrected chi connectivity index (χ0v) is 12.1. The Balaban J connectivity index is 1.96. The normalized spacial score (nSPS) is 25.7. The second kappa shape index (κ2) is 5.13. The fourth-order valence-electron chi connectivity index (χ4n) is 3.61. The largest absolute Gasteiger partial charge is 0.344 e. The molecule has 2 fully saturated rings. The lowest BCUT2D eigenvalue weighted by Gasteiger charge is -2.43. The van der Waals surface area contributed by atoms with Crippen LogP contribution in [-0.2, 0) is 4.79 Å². The third-order valence-corrected chi connectivity index (χ3v) is 4.67. The van der Waals surface area contributed by atoms with Crippen molar-refractivity contribution in [1.82, 2.24) is 9.80 Å². The molecule has 1 unspecified atom stereocenters. The second-order valence-corrected chi connectivity index (χ2v) is 5.90. The molecule has 3 rings (SSSR count). The molecule has 2 aliphatic heterocycles. The fraction of sp³-hybridized carbons (Fsp3) is 0.500. The Kier molecular flexibility index (Phi) is 3.43. The predicted molar refractivity (Wildman–Crippen MR) is 76.3 cm³/mol. The maximum absolute atomic E-state index is 13.9. The van der Waals surface area contributed by atoms with Crippen molar-refractivity contribution in [3.63, 3.8) is 0 Å². The lowest BCUT2D eigenvalue weighted by Crippen LogP contribution is -2.60. The van der Waals surface area contributed by atoms with Crippen LogP contribution in [0, 0.1) is 5.82 Å². The number of piperidine rings is 1. The van der Waals surface area contributed by atoms with Crippen molar-refractivity contribution in [3.05, 3.63) is 35.6 Å². The Bertz CT molecular complexity index is 589. The maximum atomic E-state index is 13.9. The molecule has 0 saturated carbocycles. The van der Waals surface area contributed by atoms with Gasteiger partial charge in [-0.25, -0.2) is 4.39 Å². The Morgan fingerprint density at radius 1 is 1.19 bits per heavy atom. The van der Waals surface area contributed by atoms with Gasteiger partial charge in [-0.05, 0) is 37.8 Å². The van der Waals surface area contributed by atoms with E-state index in [9.17, 15) is 14.0 Å². The van der Waals surface area contributed by atoms with Crippen molar-refractivity contribution in [2.75, 3.05) is 20.1 Å². The SMILES string of the molecule is CN1CCCC2(CCCN2C(=O)c2ccccc2F)C1=O. The summed E-state index contributed by atoms with van der Waals surface area (Å²) in [6.07, 6.45) is 3.02. The Labute approximate surface area is 123 Å². The fourth-order valence-corrected chi connectivity index (χ4v) is 3.61. The van der Waals surface area contributed by atoms with Crippen molar-refractivity contribution in [2.24, 2.45) is 0 Å². The zero-order chi connectivity index (χ0) is 15.0. The predicted octanol–water partition coefficient (Wildman–Crippen LogP) is 2.05. The first kappa shape index (κ1) is 14.0. The summed E-state index contributed by atoms with van der Waals surface area (Å²) < 4.78 is 13.9. The number of hydrogen-bond donors (Lipinski definition) is 0. The van der Waals surface area contributed by atoms with Crippen LogP contribution in [0.3, 0.4) is 0 Å². The smallest absolute Gasteiger partial charge is 0.257 e. The van der Waals surface area contributed by atoms with Crippen LogP contribution < -0.4 is 0 Å². The van der Waals surface area contributed by atoms with Crippen molar-refractivity contribution in [2.45, 2.75) is 31.2 Å². The molecule has 0 N–H and O–H groups in total. The summed E-state index contributed by atoms with van der Waals surface area (Å²) in [5, 5.41) is 0. The highest BCUT2D eigenvalue weighted by Gasteiger charge is 2.52. The molecule has 1 atom stereocenters. The molecular formula is C16H19FN2O2. The van der Waals surface area contributed by atoms with Crippen LogP contribution in [0.25, 0.3) is 0 Å². The Morgan fingerprint density at radius 3 is 2.57 bits per heavy atom. The van der Waals surface area contributed by atoms with E-state index in [0.29, 0.717) is 19.4 Å². The van der Waals surface area contributed by atoms with Crippen LogP contribution in [0.4, 0.5) is 4.39 Å². The molecule has 1 spiro atoms. The summed E-state index contributed by atoms with van der Waals surface area (Å²) in [7, 11) is 1.77. The number of likely N-dealkylation sites (tertiary alicyclic amines) is 2. The molecule has 1 aromatic carbocycles. The summed E-state index contributed by atoms with van der Waals surface area (Å²) in [4.78, 5) is 28.6. The highest BCUT2D eigenvalue weighted by molar-refractivity contribution is 6.00. The van der Waals surface area contributed by atoms with Gasteiger partial charge in [0.1, 0.15) is 11.4 Å². The summed E-state index contributed by atoms with van der Waals surface area (Å²) in [6, 6.07) is 5.98. The highest BCUT2D eigenvalue weighted by Crippen LogP contribution is 2.38. The molecule has 2 saturated heterocycles. The first-order valence-corrected chi connectivity index (χ1v) is 7.38. The number of benzene rings is 1. The minimum atomic E-state index is -0.758. The van der Waals surface area contributed by atoms with Crippen molar-refractivity contribution >= 4 is 11.8 Å². The van der Waals surface area contributed by atoms with E-state index in [4.69, 9.17) is 0 Å². The van der Waals surface area contributed by atoms with E-state index >= 15 is 0 Å². The molecule has 2 aliphatic rings. The Morgan fingerprint density at radius 2 is 1.86 bits per heavy atom. The van der Waals surface area contributed by atoms with Gasteiger partial charge in [-0.3, -0.25) is 9.59 Å². The van der Waals surface area contributed by atoms with E-state index in [1.54, 1.807) is 29.0 Å². The summed E-state index contributed by atoms with van der Waals surface area (Å²) in [5.41, 5.74) is -0.702. The molecule has 21 heavy (non-hydrogen) atoms. The average molecular weight is 290 g/mol. The molecule has 1 aromatic rings. The number of likely N-dealkylation sites (N-methyl/N-ethyl adjacent to an activating group) is 1. The first-order chi connectivity index (χ1) is 10.1. The first-order valence-electron chi connectivity index (χ1n) is 7.38. The molecule has 0 aliphatic carbocycles. The van der Waals surface area contributed by atoms with E-state index in [1.165, 1.54) is 12.1 Å². The van der Waals surface area contributed by atoms with Crippen LogP contribution >= 0.6 is 0 Å². The topological polar surface area (TPSA) is 40.6 Å². The lowest BCUT2D eigenvalue weighted by atomic mass is 9.85. The monoisotopic (exact) mass is 290 g/mol. The number of nitrogens with zero attached hydrogens (tertiary/aromatic N) is 2. The van der Waals surface area contributed by atoms with Gasteiger partial charge in [0.05, 0.1) is 5.56 Å². The standard InChI is InChI=1S/C16H19FN2O2/c1-18-10-4-8-16(15(18)21)9-5-11-19(16)14(20)12-6-2-3-7-13(12)17/h2-3,6-7H,4-5,8-11H2,1H3. The number of hydrogen-bond acceptors (Lipinski definition) is 2. The summed E-state index contributed by atoms with van der Waals surface area (Å²) >= 11 is 0. The van der Waals surface area contributed by atoms with Crippen LogP contribution in [0.2, 0.25) is 0 Å². The molecular weight excluding hydrogens is 271 g/mol. The third-order valence-electron chi connectivity index (χ3n) is 4.67. The number of carbonyl (C=O) groups is 2. The highest BCUT2D eigenvalue weighted by atomic mass is 19.1. The van der Waals surface area contributed by atoms with Gasteiger partial charge in [-0.2, -0.15) is 0 Å². The van der Waals surface area contributed by atoms with Gasteiger partial charge in [-0.15, -0.1) is 0 Å². The van der Waals surface area contributed by atoms with Crippen LogP contribution in [-0.4, -0.2) is 47.3 Å². The maximum Gasteiger partial charge on any atom is 0.257 e. The summed E-state index contributed by atoms with van der Waals surface area (Å²) in [5.74, 6) is -0.897. The Hall–Kier alpha value is -1.91. The lowest BCUT2D eigenvalue weighted by molar-refractivity contribution is -0.144. The van der Waals surface area contributed by atoms with Gasteiger partial charge in [0, 0.05) is 20.1 Å². The van der Waals surface area contributed by atoms with E-state index in [1.807, 2.05) is 0 Å². The molecule has 112 valence electrons.